The second-order valence-electron chi connectivity index (χ2n) is 7.95. The third-order valence-electron chi connectivity index (χ3n) is 5.37. The molecule has 6 nitrogen and oxygen atoms in total. The maximum atomic E-state index is 13.0. The molecule has 0 spiro atoms. The molecule has 0 unspecified atom stereocenters. The number of para-hydroxylation sites is 1. The Bertz CT molecular complexity index is 965. The summed E-state index contributed by atoms with van der Waals surface area (Å²) < 4.78 is 33.1. The number of amides is 1. The van der Waals surface area contributed by atoms with Gasteiger partial charge in [0, 0.05) is 18.8 Å². The lowest BCUT2D eigenvalue weighted by Gasteiger charge is -2.30. The summed E-state index contributed by atoms with van der Waals surface area (Å²) in [6.07, 6.45) is 5.06. The predicted octanol–water partition coefficient (Wildman–Crippen LogP) is 4.68. The first-order chi connectivity index (χ1) is 14.3. The SMILES string of the molecule is CC(C)Oc1ccccc1C(=O)Nc1ccc(S(=O)(=O)N(C)C2CCCCC2)cc1. The summed E-state index contributed by atoms with van der Waals surface area (Å²) in [5, 5.41) is 2.82. The van der Waals surface area contributed by atoms with E-state index in [-0.39, 0.29) is 22.9 Å². The molecule has 0 bridgehead atoms. The second kappa shape index (κ2) is 9.62. The van der Waals surface area contributed by atoms with Crippen molar-refractivity contribution in [2.75, 3.05) is 12.4 Å². The number of hydrogen-bond acceptors (Lipinski definition) is 4. The molecule has 1 aliphatic rings. The minimum Gasteiger partial charge on any atom is -0.490 e. The van der Waals surface area contributed by atoms with E-state index in [1.165, 1.54) is 10.7 Å². The molecule has 2 aromatic carbocycles. The first-order valence-electron chi connectivity index (χ1n) is 10.4. The van der Waals surface area contributed by atoms with Crippen molar-refractivity contribution >= 4 is 21.6 Å². The lowest BCUT2D eigenvalue weighted by atomic mass is 9.96. The number of sulfonamides is 1. The van der Waals surface area contributed by atoms with E-state index < -0.39 is 10.0 Å². The van der Waals surface area contributed by atoms with Crippen molar-refractivity contribution in [3.8, 4) is 5.75 Å². The highest BCUT2D eigenvalue weighted by Gasteiger charge is 2.29. The zero-order valence-electron chi connectivity index (χ0n) is 17.8. The van der Waals surface area contributed by atoms with Crippen molar-refractivity contribution in [2.24, 2.45) is 0 Å². The van der Waals surface area contributed by atoms with Gasteiger partial charge in [0.25, 0.3) is 5.91 Å². The normalized spacial score (nSPS) is 15.4. The van der Waals surface area contributed by atoms with E-state index >= 15 is 0 Å². The molecule has 1 N–H and O–H groups in total. The Kier molecular flexibility index (Phi) is 7.15. The molecule has 1 saturated carbocycles. The Morgan fingerprint density at radius 2 is 1.67 bits per heavy atom. The number of nitrogens with zero attached hydrogens (tertiary/aromatic N) is 1. The fourth-order valence-electron chi connectivity index (χ4n) is 3.73. The molecule has 1 amide bonds. The molecule has 0 aliphatic heterocycles. The highest BCUT2D eigenvalue weighted by Crippen LogP contribution is 2.27. The summed E-state index contributed by atoms with van der Waals surface area (Å²) in [5.74, 6) is 0.208. The molecular weight excluding hydrogens is 400 g/mol. The fraction of sp³-hybridized carbons (Fsp3) is 0.435. The van der Waals surface area contributed by atoms with Crippen molar-refractivity contribution < 1.29 is 17.9 Å². The molecule has 1 aliphatic carbocycles. The molecule has 3 rings (SSSR count). The van der Waals surface area contributed by atoms with Gasteiger partial charge in [0.05, 0.1) is 16.6 Å². The van der Waals surface area contributed by atoms with E-state index in [1.54, 1.807) is 49.5 Å². The number of rotatable bonds is 7. The van der Waals surface area contributed by atoms with Crippen LogP contribution in [0.2, 0.25) is 0 Å². The van der Waals surface area contributed by atoms with Crippen molar-refractivity contribution in [1.82, 2.24) is 4.31 Å². The van der Waals surface area contributed by atoms with Gasteiger partial charge in [0.15, 0.2) is 0 Å². The molecule has 162 valence electrons. The smallest absolute Gasteiger partial charge is 0.259 e. The van der Waals surface area contributed by atoms with Gasteiger partial charge in [-0.1, -0.05) is 31.4 Å². The summed E-state index contributed by atoms with van der Waals surface area (Å²) in [6, 6.07) is 13.4. The molecule has 0 aromatic heterocycles. The summed E-state index contributed by atoms with van der Waals surface area (Å²) in [6.45, 7) is 3.80. The van der Waals surface area contributed by atoms with Gasteiger partial charge in [0.2, 0.25) is 10.0 Å². The number of hydrogen-bond donors (Lipinski definition) is 1. The standard InChI is InChI=1S/C23H30N2O4S/c1-17(2)29-22-12-8-7-11-21(22)23(26)24-18-13-15-20(16-14-18)30(27,28)25(3)19-9-5-4-6-10-19/h7-8,11-17,19H,4-6,9-10H2,1-3H3,(H,24,26). The van der Waals surface area contributed by atoms with E-state index in [0.29, 0.717) is 17.0 Å². The molecule has 2 aromatic rings. The van der Waals surface area contributed by atoms with Crippen LogP contribution in [0.5, 0.6) is 5.75 Å². The second-order valence-corrected chi connectivity index (χ2v) is 9.95. The predicted molar refractivity (Wildman–Crippen MR) is 118 cm³/mol. The van der Waals surface area contributed by atoms with Crippen LogP contribution in [0.3, 0.4) is 0 Å². The van der Waals surface area contributed by atoms with Crippen molar-refractivity contribution in [3.63, 3.8) is 0 Å². The maximum Gasteiger partial charge on any atom is 0.259 e. The van der Waals surface area contributed by atoms with E-state index in [2.05, 4.69) is 5.32 Å². The fourth-order valence-corrected chi connectivity index (χ4v) is 5.14. The van der Waals surface area contributed by atoms with Crippen LogP contribution in [0.1, 0.15) is 56.3 Å². The molecule has 0 atom stereocenters. The van der Waals surface area contributed by atoms with E-state index in [1.807, 2.05) is 19.9 Å². The summed E-state index contributed by atoms with van der Waals surface area (Å²) in [7, 11) is -1.90. The third-order valence-corrected chi connectivity index (χ3v) is 7.30. The number of nitrogens with one attached hydrogen (secondary N) is 1. The minimum absolute atomic E-state index is 0.0513. The van der Waals surface area contributed by atoms with E-state index in [9.17, 15) is 13.2 Å². The van der Waals surface area contributed by atoms with Crippen LogP contribution in [-0.4, -0.2) is 37.8 Å². The largest absolute Gasteiger partial charge is 0.490 e. The molecule has 7 heteroatoms. The van der Waals surface area contributed by atoms with Gasteiger partial charge in [-0.15, -0.1) is 0 Å². The Hall–Kier alpha value is -2.38. The zero-order valence-corrected chi connectivity index (χ0v) is 18.6. The Balaban J connectivity index is 1.72. The number of anilines is 1. The van der Waals surface area contributed by atoms with Gasteiger partial charge in [-0.2, -0.15) is 4.31 Å². The van der Waals surface area contributed by atoms with Gasteiger partial charge in [-0.25, -0.2) is 8.42 Å². The first-order valence-corrected chi connectivity index (χ1v) is 11.9. The van der Waals surface area contributed by atoms with Gasteiger partial charge in [-0.05, 0) is 63.1 Å². The van der Waals surface area contributed by atoms with Crippen molar-refractivity contribution in [3.05, 3.63) is 54.1 Å². The monoisotopic (exact) mass is 430 g/mol. The van der Waals surface area contributed by atoms with Gasteiger partial charge >= 0.3 is 0 Å². The van der Waals surface area contributed by atoms with Crippen LogP contribution < -0.4 is 10.1 Å². The highest BCUT2D eigenvalue weighted by atomic mass is 32.2. The first kappa shape index (κ1) is 22.3. The van der Waals surface area contributed by atoms with Gasteiger partial charge in [-0.3, -0.25) is 4.79 Å². The molecular formula is C23H30N2O4S. The van der Waals surface area contributed by atoms with Crippen LogP contribution in [0.4, 0.5) is 5.69 Å². The topological polar surface area (TPSA) is 75.7 Å². The molecule has 0 radical (unpaired) electrons. The quantitative estimate of drug-likeness (QED) is 0.692. The molecule has 1 fully saturated rings. The Morgan fingerprint density at radius 3 is 2.30 bits per heavy atom. The van der Waals surface area contributed by atoms with Crippen molar-refractivity contribution in [1.29, 1.82) is 0 Å². The van der Waals surface area contributed by atoms with Gasteiger partial charge in [0.1, 0.15) is 5.75 Å². The molecule has 0 heterocycles. The van der Waals surface area contributed by atoms with Crippen LogP contribution >= 0.6 is 0 Å². The van der Waals surface area contributed by atoms with Crippen LogP contribution in [0, 0.1) is 0 Å². The number of ether oxygens (including phenoxy) is 1. The van der Waals surface area contributed by atoms with Crippen LogP contribution in [-0.2, 0) is 10.0 Å². The average molecular weight is 431 g/mol. The lowest BCUT2D eigenvalue weighted by Crippen LogP contribution is -2.38. The maximum absolute atomic E-state index is 13.0. The zero-order chi connectivity index (χ0) is 21.7. The average Bonchev–Trinajstić information content (AvgIpc) is 2.74. The van der Waals surface area contributed by atoms with Crippen LogP contribution in [0.15, 0.2) is 53.4 Å². The van der Waals surface area contributed by atoms with Crippen molar-refractivity contribution in [2.45, 2.75) is 63.0 Å². The number of carbonyl (C=O) groups is 1. The number of benzene rings is 2. The molecule has 30 heavy (non-hydrogen) atoms. The third kappa shape index (κ3) is 5.21. The Labute approximate surface area is 179 Å². The van der Waals surface area contributed by atoms with Gasteiger partial charge < -0.3 is 10.1 Å². The summed E-state index contributed by atoms with van der Waals surface area (Å²) in [5.41, 5.74) is 0.957. The lowest BCUT2D eigenvalue weighted by molar-refractivity contribution is 0.102. The summed E-state index contributed by atoms with van der Waals surface area (Å²) >= 11 is 0. The Morgan fingerprint density at radius 1 is 1.03 bits per heavy atom. The van der Waals surface area contributed by atoms with E-state index in [0.717, 1.165) is 25.7 Å². The minimum atomic E-state index is -3.56. The number of carbonyl (C=O) groups excluding carboxylic acids is 1. The highest BCUT2D eigenvalue weighted by molar-refractivity contribution is 7.89. The summed E-state index contributed by atoms with van der Waals surface area (Å²) in [4.78, 5) is 12.9. The molecule has 0 saturated heterocycles. The van der Waals surface area contributed by atoms with E-state index in [4.69, 9.17) is 4.74 Å². The van der Waals surface area contributed by atoms with Crippen LogP contribution in [0.25, 0.3) is 0 Å².